The SMILES string of the molecule is NC(=O)C(C[C@@H]1CCNC1=O)NC(=O)C(CC1CC1)NC(=O)c1cc2cccc(Cl)c2[nH]1. The predicted molar refractivity (Wildman–Crippen MR) is 119 cm³/mol. The number of hydrogen-bond donors (Lipinski definition) is 5. The van der Waals surface area contributed by atoms with Crippen molar-refractivity contribution in [2.75, 3.05) is 6.54 Å². The summed E-state index contributed by atoms with van der Waals surface area (Å²) in [6.07, 6.45) is 3.17. The predicted octanol–water partition coefficient (Wildman–Crippen LogP) is 1.22. The fraction of sp³-hybridized carbons (Fsp3) is 0.455. The molecule has 2 fully saturated rings. The van der Waals surface area contributed by atoms with Gasteiger partial charge >= 0.3 is 0 Å². The van der Waals surface area contributed by atoms with Crippen molar-refractivity contribution in [3.63, 3.8) is 0 Å². The first kappa shape index (κ1) is 22.1. The summed E-state index contributed by atoms with van der Waals surface area (Å²) in [6, 6.07) is 5.21. The van der Waals surface area contributed by atoms with E-state index in [4.69, 9.17) is 17.3 Å². The summed E-state index contributed by atoms with van der Waals surface area (Å²) in [5.41, 5.74) is 6.41. The summed E-state index contributed by atoms with van der Waals surface area (Å²) in [4.78, 5) is 52.7. The van der Waals surface area contributed by atoms with Crippen LogP contribution in [0.3, 0.4) is 0 Å². The van der Waals surface area contributed by atoms with Gasteiger partial charge in [-0.3, -0.25) is 19.2 Å². The summed E-state index contributed by atoms with van der Waals surface area (Å²) in [5, 5.41) is 9.42. The smallest absolute Gasteiger partial charge is 0.268 e. The van der Waals surface area contributed by atoms with Crippen LogP contribution in [0.5, 0.6) is 0 Å². The van der Waals surface area contributed by atoms with Crippen LogP contribution in [0.4, 0.5) is 0 Å². The molecule has 2 aliphatic rings. The maximum Gasteiger partial charge on any atom is 0.268 e. The first-order valence-corrected chi connectivity index (χ1v) is 11.1. The van der Waals surface area contributed by atoms with Crippen LogP contribution < -0.4 is 21.7 Å². The average molecular weight is 460 g/mol. The molecule has 2 heterocycles. The first-order valence-electron chi connectivity index (χ1n) is 10.8. The third-order valence-electron chi connectivity index (χ3n) is 6.08. The number of nitrogens with one attached hydrogen (secondary N) is 4. The second kappa shape index (κ2) is 9.20. The van der Waals surface area contributed by atoms with Gasteiger partial charge in [0.15, 0.2) is 0 Å². The highest BCUT2D eigenvalue weighted by molar-refractivity contribution is 6.35. The minimum atomic E-state index is -0.984. The molecular formula is C22H26ClN5O4. The second-order valence-electron chi connectivity index (χ2n) is 8.57. The van der Waals surface area contributed by atoms with Gasteiger partial charge in [-0.2, -0.15) is 0 Å². The fourth-order valence-corrected chi connectivity index (χ4v) is 4.30. The van der Waals surface area contributed by atoms with Crippen LogP contribution in [-0.2, 0) is 14.4 Å². The Morgan fingerprint density at radius 1 is 1.12 bits per heavy atom. The second-order valence-corrected chi connectivity index (χ2v) is 8.98. The zero-order valence-corrected chi connectivity index (χ0v) is 18.2. The zero-order chi connectivity index (χ0) is 22.8. The Labute approximate surface area is 189 Å². The number of rotatable bonds is 9. The van der Waals surface area contributed by atoms with Crippen molar-refractivity contribution in [3.05, 3.63) is 35.0 Å². The van der Waals surface area contributed by atoms with Crippen molar-refractivity contribution in [2.24, 2.45) is 17.6 Å². The molecule has 2 aromatic rings. The van der Waals surface area contributed by atoms with Gasteiger partial charge in [0.1, 0.15) is 17.8 Å². The Bertz CT molecular complexity index is 1060. The molecule has 10 heteroatoms. The zero-order valence-electron chi connectivity index (χ0n) is 17.4. The van der Waals surface area contributed by atoms with Crippen LogP contribution in [0.1, 0.15) is 42.6 Å². The summed E-state index contributed by atoms with van der Waals surface area (Å²) in [5.74, 6) is -1.81. The van der Waals surface area contributed by atoms with Crippen molar-refractivity contribution < 1.29 is 19.2 Å². The van der Waals surface area contributed by atoms with Gasteiger partial charge in [-0.25, -0.2) is 0 Å². The summed E-state index contributed by atoms with van der Waals surface area (Å²) >= 11 is 6.18. The minimum Gasteiger partial charge on any atom is -0.368 e. The Hall–Kier alpha value is -3.07. The highest BCUT2D eigenvalue weighted by Gasteiger charge is 2.34. The van der Waals surface area contributed by atoms with Crippen LogP contribution >= 0.6 is 11.6 Å². The minimum absolute atomic E-state index is 0.136. The van der Waals surface area contributed by atoms with Gasteiger partial charge in [-0.15, -0.1) is 0 Å². The Morgan fingerprint density at radius 3 is 2.53 bits per heavy atom. The number of primary amides is 1. The molecule has 1 saturated carbocycles. The quantitative estimate of drug-likeness (QED) is 0.383. The molecule has 3 atom stereocenters. The van der Waals surface area contributed by atoms with Crippen molar-refractivity contribution >= 4 is 46.1 Å². The first-order chi connectivity index (χ1) is 15.3. The molecule has 1 aromatic carbocycles. The lowest BCUT2D eigenvalue weighted by Gasteiger charge is -2.23. The van der Waals surface area contributed by atoms with Gasteiger partial charge in [0.25, 0.3) is 5.91 Å². The lowest BCUT2D eigenvalue weighted by Crippen LogP contribution is -2.53. The van der Waals surface area contributed by atoms with E-state index in [0.29, 0.717) is 35.8 Å². The largest absolute Gasteiger partial charge is 0.368 e. The van der Waals surface area contributed by atoms with E-state index >= 15 is 0 Å². The van der Waals surface area contributed by atoms with Gasteiger partial charge < -0.3 is 26.7 Å². The van der Waals surface area contributed by atoms with Gasteiger partial charge in [0.05, 0.1) is 10.5 Å². The Balaban J connectivity index is 1.45. The van der Waals surface area contributed by atoms with Gasteiger partial charge in [-0.05, 0) is 37.3 Å². The molecule has 32 heavy (non-hydrogen) atoms. The van der Waals surface area contributed by atoms with Crippen molar-refractivity contribution in [1.82, 2.24) is 20.9 Å². The summed E-state index contributed by atoms with van der Waals surface area (Å²) < 4.78 is 0. The molecule has 0 radical (unpaired) electrons. The molecule has 1 aliphatic carbocycles. The molecule has 0 bridgehead atoms. The van der Waals surface area contributed by atoms with E-state index in [2.05, 4.69) is 20.9 Å². The molecule has 1 aliphatic heterocycles. The van der Waals surface area contributed by atoms with Crippen LogP contribution in [0.2, 0.25) is 5.02 Å². The molecule has 9 nitrogen and oxygen atoms in total. The normalized spacial score (nSPS) is 19.9. The van der Waals surface area contributed by atoms with E-state index in [-0.39, 0.29) is 23.9 Å². The molecule has 4 amide bonds. The molecule has 170 valence electrons. The topological polar surface area (TPSA) is 146 Å². The maximum atomic E-state index is 13.0. The lowest BCUT2D eigenvalue weighted by atomic mass is 9.97. The third kappa shape index (κ3) is 5.04. The molecule has 2 unspecified atom stereocenters. The number of hydrogen-bond acceptors (Lipinski definition) is 4. The van der Waals surface area contributed by atoms with Crippen molar-refractivity contribution in [2.45, 2.75) is 44.2 Å². The van der Waals surface area contributed by atoms with Gasteiger partial charge in [0, 0.05) is 17.8 Å². The standard InChI is InChI=1S/C22H26ClN5O4/c23-14-3-1-2-12-9-17(26-18(12)14)22(32)28-16(8-11-4-5-11)21(31)27-15(19(24)29)10-13-6-7-25-20(13)30/h1-3,9,11,13,15-16,26H,4-8,10H2,(H2,24,29)(H,25,30)(H,27,31)(H,28,32)/t13-,15?,16?/m0/s1. The van der Waals surface area contributed by atoms with E-state index in [9.17, 15) is 19.2 Å². The molecular weight excluding hydrogens is 434 g/mol. The third-order valence-corrected chi connectivity index (χ3v) is 6.40. The van der Waals surface area contributed by atoms with Crippen molar-refractivity contribution in [1.29, 1.82) is 0 Å². The number of aromatic nitrogens is 1. The highest BCUT2D eigenvalue weighted by Crippen LogP contribution is 2.33. The number of H-pyrrole nitrogens is 1. The number of amides is 4. The lowest BCUT2D eigenvalue weighted by molar-refractivity contribution is -0.130. The fourth-order valence-electron chi connectivity index (χ4n) is 4.07. The molecule has 1 aromatic heterocycles. The number of carbonyl (C=O) groups is 4. The van der Waals surface area contributed by atoms with Crippen molar-refractivity contribution in [3.8, 4) is 0 Å². The van der Waals surface area contributed by atoms with E-state index in [1.165, 1.54) is 0 Å². The summed E-state index contributed by atoms with van der Waals surface area (Å²) in [7, 11) is 0. The van der Waals surface area contributed by atoms with Gasteiger partial charge in [-0.1, -0.05) is 36.6 Å². The molecule has 6 N–H and O–H groups in total. The number of fused-ring (bicyclic) bond motifs is 1. The molecule has 4 rings (SSSR count). The monoisotopic (exact) mass is 459 g/mol. The highest BCUT2D eigenvalue weighted by atomic mass is 35.5. The van der Waals surface area contributed by atoms with E-state index < -0.39 is 29.8 Å². The summed E-state index contributed by atoms with van der Waals surface area (Å²) in [6.45, 7) is 0.539. The Kier molecular flexibility index (Phi) is 6.36. The van der Waals surface area contributed by atoms with E-state index in [0.717, 1.165) is 18.2 Å². The maximum absolute atomic E-state index is 13.0. The number of aromatic amines is 1. The van der Waals surface area contributed by atoms with Crippen LogP contribution in [-0.4, -0.2) is 47.2 Å². The van der Waals surface area contributed by atoms with E-state index in [1.807, 2.05) is 6.07 Å². The number of para-hydroxylation sites is 1. The number of benzene rings is 1. The number of nitrogens with two attached hydrogens (primary N) is 1. The molecule has 1 saturated heterocycles. The van der Waals surface area contributed by atoms with Crippen LogP contribution in [0.15, 0.2) is 24.3 Å². The number of carbonyl (C=O) groups excluding carboxylic acids is 4. The molecule has 0 spiro atoms. The Morgan fingerprint density at radius 2 is 1.91 bits per heavy atom. The number of halogens is 1. The average Bonchev–Trinajstić information content (AvgIpc) is 3.30. The van der Waals surface area contributed by atoms with Crippen LogP contribution in [0.25, 0.3) is 10.9 Å². The van der Waals surface area contributed by atoms with E-state index in [1.54, 1.807) is 18.2 Å². The van der Waals surface area contributed by atoms with Crippen LogP contribution in [0, 0.1) is 11.8 Å². The van der Waals surface area contributed by atoms with Gasteiger partial charge in [0.2, 0.25) is 17.7 Å².